The molecule has 0 amide bonds. The van der Waals surface area contributed by atoms with Crippen molar-refractivity contribution in [1.82, 2.24) is 4.98 Å². The summed E-state index contributed by atoms with van der Waals surface area (Å²) in [5.74, 6) is -0.222. The van der Waals surface area contributed by atoms with Crippen LogP contribution in [0.4, 0.5) is 15.2 Å². The largest absolute Gasteiger partial charge is 0.384 e. The third-order valence-electron chi connectivity index (χ3n) is 5.50. The molecule has 1 aromatic heterocycles. The van der Waals surface area contributed by atoms with Gasteiger partial charge in [-0.15, -0.1) is 11.3 Å². The van der Waals surface area contributed by atoms with Crippen LogP contribution in [-0.4, -0.2) is 26.0 Å². The molecule has 1 fully saturated rings. The van der Waals surface area contributed by atoms with E-state index in [1.807, 2.05) is 0 Å². The summed E-state index contributed by atoms with van der Waals surface area (Å²) >= 11 is 7.31. The van der Waals surface area contributed by atoms with E-state index in [1.54, 1.807) is 5.38 Å². The Morgan fingerprint density at radius 3 is 2.77 bits per heavy atom. The minimum atomic E-state index is -4.10. The SMILES string of the molecule is N[C@H]1CCCC[C@@H]1CCCCCNc1cc(F)c(S(=O)(=O)Nc2nccs2)cc1Cl. The number of hydrogen-bond acceptors (Lipinski definition) is 6. The number of unbranched alkanes of at least 4 members (excludes halogenated alkanes) is 2. The lowest BCUT2D eigenvalue weighted by molar-refractivity contribution is 0.284. The second kappa shape index (κ2) is 10.7. The predicted molar refractivity (Wildman–Crippen MR) is 121 cm³/mol. The van der Waals surface area contributed by atoms with E-state index in [1.165, 1.54) is 25.5 Å². The molecular weight excluding hydrogens is 447 g/mol. The Morgan fingerprint density at radius 1 is 1.23 bits per heavy atom. The van der Waals surface area contributed by atoms with Crippen molar-refractivity contribution in [3.05, 3.63) is 34.5 Å². The maximum atomic E-state index is 14.5. The molecule has 0 spiro atoms. The number of aromatic nitrogens is 1. The fraction of sp³-hybridized carbons (Fsp3) is 0.550. The van der Waals surface area contributed by atoms with Gasteiger partial charge in [0, 0.05) is 24.2 Å². The third kappa shape index (κ3) is 6.29. The minimum absolute atomic E-state index is 0.157. The first kappa shape index (κ1) is 23.2. The topological polar surface area (TPSA) is 97.1 Å². The van der Waals surface area contributed by atoms with Gasteiger partial charge in [-0.05, 0) is 43.7 Å². The highest BCUT2D eigenvalue weighted by Gasteiger charge is 2.23. The van der Waals surface area contributed by atoms with Crippen LogP contribution in [0.5, 0.6) is 0 Å². The van der Waals surface area contributed by atoms with Crippen molar-refractivity contribution in [3.63, 3.8) is 0 Å². The Morgan fingerprint density at radius 2 is 2.03 bits per heavy atom. The molecule has 1 aliphatic rings. The number of thiazole rings is 1. The van der Waals surface area contributed by atoms with Gasteiger partial charge in [0.1, 0.15) is 10.7 Å². The predicted octanol–water partition coefficient (Wildman–Crippen LogP) is 5.23. The first-order valence-electron chi connectivity index (χ1n) is 10.3. The molecule has 0 bridgehead atoms. The molecule has 0 aliphatic heterocycles. The van der Waals surface area contributed by atoms with Gasteiger partial charge in [-0.3, -0.25) is 4.72 Å². The zero-order valence-electron chi connectivity index (χ0n) is 16.7. The van der Waals surface area contributed by atoms with Gasteiger partial charge < -0.3 is 11.1 Å². The van der Waals surface area contributed by atoms with Gasteiger partial charge in [-0.1, -0.05) is 37.3 Å². The lowest BCUT2D eigenvalue weighted by Crippen LogP contribution is -2.32. The second-order valence-electron chi connectivity index (χ2n) is 7.69. The number of nitrogens with two attached hydrogens (primary N) is 1. The highest BCUT2D eigenvalue weighted by molar-refractivity contribution is 7.93. The molecule has 30 heavy (non-hydrogen) atoms. The maximum Gasteiger partial charge on any atom is 0.266 e. The van der Waals surface area contributed by atoms with Crippen LogP contribution >= 0.6 is 22.9 Å². The van der Waals surface area contributed by atoms with Crippen molar-refractivity contribution in [2.24, 2.45) is 11.7 Å². The molecule has 1 aliphatic carbocycles. The Hall–Kier alpha value is -1.42. The summed E-state index contributed by atoms with van der Waals surface area (Å²) in [6.07, 6.45) is 10.6. The van der Waals surface area contributed by atoms with Gasteiger partial charge in [0.05, 0.1) is 10.7 Å². The summed E-state index contributed by atoms with van der Waals surface area (Å²) in [5, 5.41) is 5.05. The average Bonchev–Trinajstić information content (AvgIpc) is 3.20. The number of anilines is 2. The Labute approximate surface area is 186 Å². The quantitative estimate of drug-likeness (QED) is 0.410. The Bertz CT molecular complexity index is 925. The van der Waals surface area contributed by atoms with Crippen molar-refractivity contribution in [1.29, 1.82) is 0 Å². The van der Waals surface area contributed by atoms with Gasteiger partial charge in [-0.25, -0.2) is 17.8 Å². The van der Waals surface area contributed by atoms with Crippen molar-refractivity contribution < 1.29 is 12.8 Å². The molecule has 0 radical (unpaired) electrons. The first-order chi connectivity index (χ1) is 14.4. The summed E-state index contributed by atoms with van der Waals surface area (Å²) in [6, 6.07) is 2.60. The van der Waals surface area contributed by atoms with E-state index < -0.39 is 20.7 Å². The summed E-state index contributed by atoms with van der Waals surface area (Å²) in [4.78, 5) is 3.35. The van der Waals surface area contributed by atoms with E-state index >= 15 is 0 Å². The van der Waals surface area contributed by atoms with Gasteiger partial charge in [0.15, 0.2) is 5.13 Å². The smallest absolute Gasteiger partial charge is 0.266 e. The number of sulfonamides is 1. The Kier molecular flexibility index (Phi) is 8.33. The van der Waals surface area contributed by atoms with E-state index in [-0.39, 0.29) is 10.2 Å². The zero-order valence-corrected chi connectivity index (χ0v) is 19.1. The van der Waals surface area contributed by atoms with E-state index in [9.17, 15) is 12.8 Å². The van der Waals surface area contributed by atoms with Gasteiger partial charge in [-0.2, -0.15) is 0 Å². The first-order valence-corrected chi connectivity index (χ1v) is 13.0. The van der Waals surface area contributed by atoms with Gasteiger partial charge in [0.2, 0.25) is 0 Å². The zero-order chi connectivity index (χ0) is 21.6. The van der Waals surface area contributed by atoms with Crippen LogP contribution in [0.15, 0.2) is 28.6 Å². The molecule has 1 saturated carbocycles. The number of nitrogens with zero attached hydrogens (tertiary/aromatic N) is 1. The number of hydrogen-bond donors (Lipinski definition) is 3. The van der Waals surface area contributed by atoms with E-state index in [0.29, 0.717) is 24.2 Å². The lowest BCUT2D eigenvalue weighted by Gasteiger charge is -2.28. The summed E-state index contributed by atoms with van der Waals surface area (Å²) < 4.78 is 41.5. The van der Waals surface area contributed by atoms with E-state index in [4.69, 9.17) is 17.3 Å². The molecule has 0 unspecified atom stereocenters. The summed E-state index contributed by atoms with van der Waals surface area (Å²) in [7, 11) is -4.10. The summed E-state index contributed by atoms with van der Waals surface area (Å²) in [5.41, 5.74) is 6.58. The molecule has 2 aromatic rings. The molecule has 1 heterocycles. The molecular formula is C20H28ClFN4O2S2. The number of rotatable bonds is 10. The van der Waals surface area contributed by atoms with Crippen molar-refractivity contribution >= 4 is 43.8 Å². The molecule has 4 N–H and O–H groups in total. The molecule has 0 saturated heterocycles. The van der Waals surface area contributed by atoms with Crippen LogP contribution in [-0.2, 0) is 10.0 Å². The second-order valence-corrected chi connectivity index (χ2v) is 10.6. The average molecular weight is 475 g/mol. The Balaban J connectivity index is 1.48. The van der Waals surface area contributed by atoms with E-state index in [0.717, 1.165) is 55.6 Å². The fourth-order valence-corrected chi connectivity index (χ4v) is 6.01. The highest BCUT2D eigenvalue weighted by Crippen LogP contribution is 2.30. The van der Waals surface area contributed by atoms with Gasteiger partial charge >= 0.3 is 0 Å². The molecule has 6 nitrogen and oxygen atoms in total. The van der Waals surface area contributed by atoms with Crippen LogP contribution in [0.25, 0.3) is 0 Å². The minimum Gasteiger partial charge on any atom is -0.384 e. The fourth-order valence-electron chi connectivity index (χ4n) is 3.84. The van der Waals surface area contributed by atoms with Crippen LogP contribution in [0.2, 0.25) is 5.02 Å². The molecule has 2 atom stereocenters. The molecule has 3 rings (SSSR count). The number of benzene rings is 1. The molecule has 10 heteroatoms. The molecule has 1 aromatic carbocycles. The van der Waals surface area contributed by atoms with Gasteiger partial charge in [0.25, 0.3) is 10.0 Å². The highest BCUT2D eigenvalue weighted by atomic mass is 35.5. The lowest BCUT2D eigenvalue weighted by atomic mass is 9.82. The van der Waals surface area contributed by atoms with Crippen molar-refractivity contribution in [2.75, 3.05) is 16.6 Å². The van der Waals surface area contributed by atoms with Crippen molar-refractivity contribution in [2.45, 2.75) is 62.3 Å². The summed E-state index contributed by atoms with van der Waals surface area (Å²) in [6.45, 7) is 0.638. The standard InChI is InChI=1S/C20H28ClFN4O2S2/c21-15-12-19(30(27,28)26-20-25-10-11-29-20)16(22)13-18(15)24-9-5-1-2-6-14-7-3-4-8-17(14)23/h10-14,17,24H,1-9,23H2,(H,25,26)/t14-,17-/m0/s1. The van der Waals surface area contributed by atoms with E-state index in [2.05, 4.69) is 15.0 Å². The van der Waals surface area contributed by atoms with Crippen LogP contribution < -0.4 is 15.8 Å². The van der Waals surface area contributed by atoms with Crippen LogP contribution in [0, 0.1) is 11.7 Å². The monoisotopic (exact) mass is 474 g/mol. The van der Waals surface area contributed by atoms with Crippen LogP contribution in [0.1, 0.15) is 51.4 Å². The number of nitrogens with one attached hydrogen (secondary N) is 2. The maximum absolute atomic E-state index is 14.5. The molecule has 166 valence electrons. The third-order valence-corrected chi connectivity index (χ3v) is 7.98. The van der Waals surface area contributed by atoms with Crippen molar-refractivity contribution in [3.8, 4) is 0 Å². The number of halogens is 2. The van der Waals surface area contributed by atoms with Crippen LogP contribution in [0.3, 0.4) is 0 Å². The normalized spacial score (nSPS) is 19.6.